The first kappa shape index (κ1) is 22.2. The molecule has 0 heterocycles. The van der Waals surface area contributed by atoms with E-state index in [1.54, 1.807) is 12.1 Å². The highest BCUT2D eigenvalue weighted by atomic mass is 127. The highest BCUT2D eigenvalue weighted by Crippen LogP contribution is 2.22. The Balaban J connectivity index is 0.00000338. The van der Waals surface area contributed by atoms with E-state index in [0.717, 1.165) is 6.26 Å². The number of para-hydroxylation sites is 2. The van der Waals surface area contributed by atoms with Gasteiger partial charge in [-0.1, -0.05) is 18.2 Å². The summed E-state index contributed by atoms with van der Waals surface area (Å²) in [6, 6.07) is 11.1. The van der Waals surface area contributed by atoms with Crippen LogP contribution in [0.1, 0.15) is 11.1 Å². The summed E-state index contributed by atoms with van der Waals surface area (Å²) in [5.41, 5.74) is 7.47. The van der Waals surface area contributed by atoms with Crippen LogP contribution in [0.4, 0.5) is 10.1 Å². The number of hydrogen-bond donors (Lipinski definition) is 2. The zero-order valence-corrected chi connectivity index (χ0v) is 17.5. The van der Waals surface area contributed by atoms with Gasteiger partial charge in [0.2, 0.25) is 0 Å². The number of sulfone groups is 1. The summed E-state index contributed by atoms with van der Waals surface area (Å²) in [6.07, 6.45) is 1.13. The highest BCUT2D eigenvalue weighted by Gasteiger charge is 2.11. The SMILES string of the molecule is COc1ccccc1NC(N)=NCc1cc(F)ccc1CS(C)(=O)=O.I. The van der Waals surface area contributed by atoms with Crippen molar-refractivity contribution >= 4 is 45.5 Å². The molecule has 142 valence electrons. The van der Waals surface area contributed by atoms with Gasteiger partial charge in [0.1, 0.15) is 11.6 Å². The first-order chi connectivity index (χ1) is 11.8. The van der Waals surface area contributed by atoms with E-state index in [1.165, 1.54) is 25.3 Å². The number of aliphatic imine (C=N–C) groups is 1. The number of hydrogen-bond acceptors (Lipinski definition) is 4. The molecule has 3 N–H and O–H groups in total. The van der Waals surface area contributed by atoms with Gasteiger partial charge in [0, 0.05) is 6.26 Å². The van der Waals surface area contributed by atoms with Gasteiger partial charge in [0.05, 0.1) is 25.1 Å². The molecule has 6 nitrogen and oxygen atoms in total. The van der Waals surface area contributed by atoms with Crippen LogP contribution in [0.5, 0.6) is 5.75 Å². The van der Waals surface area contributed by atoms with Gasteiger partial charge in [-0.15, -0.1) is 24.0 Å². The Morgan fingerprint density at radius 2 is 1.92 bits per heavy atom. The van der Waals surface area contributed by atoms with Crippen LogP contribution in [-0.2, 0) is 22.1 Å². The number of benzene rings is 2. The molecular formula is C17H21FIN3O3S. The lowest BCUT2D eigenvalue weighted by molar-refractivity contribution is 0.417. The minimum Gasteiger partial charge on any atom is -0.495 e. The number of halogens is 2. The Hall–Kier alpha value is -1.88. The molecule has 0 fully saturated rings. The number of methoxy groups -OCH3 is 1. The van der Waals surface area contributed by atoms with Gasteiger partial charge in [-0.2, -0.15) is 0 Å². The fourth-order valence-electron chi connectivity index (χ4n) is 2.26. The maximum atomic E-state index is 13.5. The number of rotatable bonds is 6. The van der Waals surface area contributed by atoms with Crippen molar-refractivity contribution in [3.63, 3.8) is 0 Å². The Morgan fingerprint density at radius 3 is 2.58 bits per heavy atom. The van der Waals surface area contributed by atoms with Crippen molar-refractivity contribution in [3.8, 4) is 5.75 Å². The molecule has 2 aromatic rings. The lowest BCUT2D eigenvalue weighted by Gasteiger charge is -2.11. The summed E-state index contributed by atoms with van der Waals surface area (Å²) >= 11 is 0. The Kier molecular flexibility index (Phi) is 8.28. The molecule has 0 radical (unpaired) electrons. The highest BCUT2D eigenvalue weighted by molar-refractivity contribution is 14.0. The number of nitrogens with two attached hydrogens (primary N) is 1. The molecule has 2 rings (SSSR count). The Bertz CT molecular complexity index is 889. The van der Waals surface area contributed by atoms with Gasteiger partial charge >= 0.3 is 0 Å². The van der Waals surface area contributed by atoms with E-state index in [9.17, 15) is 12.8 Å². The molecule has 0 amide bonds. The molecule has 9 heteroatoms. The summed E-state index contributed by atoms with van der Waals surface area (Å²) in [5.74, 6) is 0.0692. The van der Waals surface area contributed by atoms with E-state index in [2.05, 4.69) is 10.3 Å². The molecule has 26 heavy (non-hydrogen) atoms. The summed E-state index contributed by atoms with van der Waals surface area (Å²) in [5, 5.41) is 2.90. The number of anilines is 1. The van der Waals surface area contributed by atoms with Gasteiger partial charge in [-0.25, -0.2) is 17.8 Å². The normalized spacial score (nSPS) is 11.6. The quantitative estimate of drug-likeness (QED) is 0.367. The number of nitrogens with zero attached hydrogens (tertiary/aromatic N) is 1. The topological polar surface area (TPSA) is 93.8 Å². The predicted molar refractivity (Wildman–Crippen MR) is 112 cm³/mol. The first-order valence-corrected chi connectivity index (χ1v) is 9.49. The minimum atomic E-state index is -3.24. The predicted octanol–water partition coefficient (Wildman–Crippen LogP) is 2.92. The van der Waals surface area contributed by atoms with Gasteiger partial charge in [-0.3, -0.25) is 0 Å². The van der Waals surface area contributed by atoms with Crippen LogP contribution < -0.4 is 15.8 Å². The van der Waals surface area contributed by atoms with Crippen molar-refractivity contribution in [3.05, 3.63) is 59.4 Å². The smallest absolute Gasteiger partial charge is 0.193 e. The van der Waals surface area contributed by atoms with Gasteiger partial charge in [-0.05, 0) is 35.4 Å². The van der Waals surface area contributed by atoms with E-state index >= 15 is 0 Å². The molecular weight excluding hydrogens is 472 g/mol. The summed E-state index contributed by atoms with van der Waals surface area (Å²) in [6.45, 7) is 0.0522. The van der Waals surface area contributed by atoms with Crippen LogP contribution >= 0.6 is 24.0 Å². The van der Waals surface area contributed by atoms with Crippen LogP contribution in [0.25, 0.3) is 0 Å². The van der Waals surface area contributed by atoms with E-state index in [1.807, 2.05) is 12.1 Å². The third-order valence-electron chi connectivity index (χ3n) is 3.38. The summed E-state index contributed by atoms with van der Waals surface area (Å²) in [4.78, 5) is 4.16. The minimum absolute atomic E-state index is 0. The molecule has 0 aromatic heterocycles. The molecule has 0 atom stereocenters. The van der Waals surface area contributed by atoms with Crippen molar-refractivity contribution in [2.75, 3.05) is 18.7 Å². The second kappa shape index (κ2) is 9.72. The van der Waals surface area contributed by atoms with Crippen molar-refractivity contribution < 1.29 is 17.5 Å². The zero-order chi connectivity index (χ0) is 18.4. The molecule has 0 bridgehead atoms. The largest absolute Gasteiger partial charge is 0.495 e. The fourth-order valence-corrected chi connectivity index (χ4v) is 3.11. The molecule has 0 aliphatic carbocycles. The summed E-state index contributed by atoms with van der Waals surface area (Å²) < 4.78 is 41.7. The van der Waals surface area contributed by atoms with Gasteiger partial charge in [0.15, 0.2) is 15.8 Å². The van der Waals surface area contributed by atoms with Crippen LogP contribution in [0.2, 0.25) is 0 Å². The molecule has 0 spiro atoms. The second-order valence-corrected chi connectivity index (χ2v) is 7.65. The van der Waals surface area contributed by atoms with Crippen LogP contribution in [-0.4, -0.2) is 27.7 Å². The molecule has 0 aliphatic heterocycles. The van der Waals surface area contributed by atoms with Gasteiger partial charge < -0.3 is 15.8 Å². The fraction of sp³-hybridized carbons (Fsp3) is 0.235. The number of ether oxygens (including phenoxy) is 1. The van der Waals surface area contributed by atoms with E-state index in [-0.39, 0.29) is 42.2 Å². The van der Waals surface area contributed by atoms with Crippen LogP contribution in [0, 0.1) is 5.82 Å². The van der Waals surface area contributed by atoms with Gasteiger partial charge in [0.25, 0.3) is 0 Å². The van der Waals surface area contributed by atoms with E-state index < -0.39 is 15.7 Å². The monoisotopic (exact) mass is 493 g/mol. The third-order valence-corrected chi connectivity index (χ3v) is 4.21. The zero-order valence-electron chi connectivity index (χ0n) is 14.4. The first-order valence-electron chi connectivity index (χ1n) is 7.43. The van der Waals surface area contributed by atoms with Crippen LogP contribution in [0.3, 0.4) is 0 Å². The number of nitrogens with one attached hydrogen (secondary N) is 1. The Labute approximate surface area is 169 Å². The van der Waals surface area contributed by atoms with E-state index in [4.69, 9.17) is 10.5 Å². The number of guanidine groups is 1. The third kappa shape index (κ3) is 6.79. The van der Waals surface area contributed by atoms with Crippen molar-refractivity contribution in [1.29, 1.82) is 0 Å². The maximum Gasteiger partial charge on any atom is 0.193 e. The van der Waals surface area contributed by atoms with Crippen molar-refractivity contribution in [2.45, 2.75) is 12.3 Å². The van der Waals surface area contributed by atoms with Crippen molar-refractivity contribution in [2.24, 2.45) is 10.7 Å². The molecule has 0 aliphatic rings. The standard InChI is InChI=1S/C17H20FN3O3S.HI/c1-24-16-6-4-3-5-15(16)21-17(19)20-10-13-9-14(18)8-7-12(13)11-25(2,22)23;/h3-9H,10-11H2,1-2H3,(H3,19,20,21);1H. The van der Waals surface area contributed by atoms with Crippen molar-refractivity contribution in [1.82, 2.24) is 0 Å². The molecule has 0 saturated carbocycles. The Morgan fingerprint density at radius 1 is 1.23 bits per heavy atom. The average Bonchev–Trinajstić information content (AvgIpc) is 2.54. The van der Waals surface area contributed by atoms with E-state index in [0.29, 0.717) is 22.6 Å². The van der Waals surface area contributed by atoms with Crippen LogP contribution in [0.15, 0.2) is 47.5 Å². The molecule has 2 aromatic carbocycles. The lowest BCUT2D eigenvalue weighted by Crippen LogP contribution is -2.23. The average molecular weight is 493 g/mol. The maximum absolute atomic E-state index is 13.5. The molecule has 0 saturated heterocycles. The second-order valence-electron chi connectivity index (χ2n) is 5.51. The molecule has 0 unspecified atom stereocenters. The lowest BCUT2D eigenvalue weighted by atomic mass is 10.1. The summed E-state index contributed by atoms with van der Waals surface area (Å²) in [7, 11) is -1.70.